The molecule has 0 amide bonds. The smallest absolute Gasteiger partial charge is 0.303 e. The number of aryl methyl sites for hydroxylation is 1. The zero-order chi connectivity index (χ0) is 17.0. The molecule has 0 saturated carbocycles. The Morgan fingerprint density at radius 3 is 2.30 bits per heavy atom. The summed E-state index contributed by atoms with van der Waals surface area (Å²) in [6, 6.07) is 8.06. The van der Waals surface area contributed by atoms with Crippen LogP contribution >= 0.6 is 0 Å². The number of aliphatic carboxylic acids is 1. The molecule has 0 aliphatic heterocycles. The zero-order valence-electron chi connectivity index (χ0n) is 11.8. The molecular weight excluding hydrogens is 328 g/mol. The predicted octanol–water partition coefficient (Wildman–Crippen LogP) is 2.78. The summed E-state index contributed by atoms with van der Waals surface area (Å²) in [5.41, 5.74) is 0.306. The van der Waals surface area contributed by atoms with E-state index in [0.717, 1.165) is 12.1 Å². The quantitative estimate of drug-likeness (QED) is 0.846. The Morgan fingerprint density at radius 1 is 1.09 bits per heavy atom. The molecule has 0 aromatic heterocycles. The number of sulfonamides is 1. The van der Waals surface area contributed by atoms with Crippen molar-refractivity contribution in [1.82, 2.24) is 0 Å². The molecule has 0 radical (unpaired) electrons. The summed E-state index contributed by atoms with van der Waals surface area (Å²) >= 11 is 0. The molecule has 0 bridgehead atoms. The van der Waals surface area contributed by atoms with Crippen molar-refractivity contribution in [3.05, 3.63) is 59.7 Å². The van der Waals surface area contributed by atoms with Crippen molar-refractivity contribution in [2.75, 3.05) is 4.72 Å². The molecule has 0 atom stereocenters. The van der Waals surface area contributed by atoms with Gasteiger partial charge >= 0.3 is 5.97 Å². The Bertz CT molecular complexity index is 820. The van der Waals surface area contributed by atoms with E-state index >= 15 is 0 Å². The normalized spacial score (nSPS) is 11.2. The molecule has 0 aliphatic carbocycles. The van der Waals surface area contributed by atoms with E-state index in [0.29, 0.717) is 11.6 Å². The number of carboxylic acids is 1. The number of hydrogen-bond donors (Lipinski definition) is 2. The molecule has 0 heterocycles. The maximum Gasteiger partial charge on any atom is 0.303 e. The van der Waals surface area contributed by atoms with E-state index in [-0.39, 0.29) is 23.4 Å². The van der Waals surface area contributed by atoms with Gasteiger partial charge in [0.05, 0.1) is 10.6 Å². The first-order chi connectivity index (χ1) is 10.8. The van der Waals surface area contributed by atoms with E-state index in [1.165, 1.54) is 24.3 Å². The van der Waals surface area contributed by atoms with Gasteiger partial charge < -0.3 is 5.11 Å². The molecule has 2 aromatic carbocycles. The minimum absolute atomic E-state index is 0.0643. The largest absolute Gasteiger partial charge is 0.481 e. The van der Waals surface area contributed by atoms with E-state index < -0.39 is 27.6 Å². The monoisotopic (exact) mass is 341 g/mol. The number of rotatable bonds is 6. The highest BCUT2D eigenvalue weighted by Crippen LogP contribution is 2.20. The molecule has 23 heavy (non-hydrogen) atoms. The zero-order valence-corrected chi connectivity index (χ0v) is 12.6. The van der Waals surface area contributed by atoms with Gasteiger partial charge in [-0.2, -0.15) is 0 Å². The molecule has 0 fully saturated rings. The molecule has 2 N–H and O–H groups in total. The van der Waals surface area contributed by atoms with Gasteiger partial charge in [0.1, 0.15) is 11.6 Å². The topological polar surface area (TPSA) is 83.5 Å². The van der Waals surface area contributed by atoms with Gasteiger partial charge in [-0.25, -0.2) is 17.2 Å². The fraction of sp³-hybridized carbons (Fsp3) is 0.133. The van der Waals surface area contributed by atoms with Gasteiger partial charge in [-0.3, -0.25) is 9.52 Å². The standard InChI is InChI=1S/C15H13F2NO4S/c16-11-4-7-14(13(17)9-11)18-23(21,22)12-5-1-10(2-6-12)3-8-15(19)20/h1-2,4-7,9,18H,3,8H2,(H,19,20). The van der Waals surface area contributed by atoms with Crippen LogP contribution in [0.2, 0.25) is 0 Å². The van der Waals surface area contributed by atoms with E-state index in [2.05, 4.69) is 0 Å². The van der Waals surface area contributed by atoms with Crippen LogP contribution in [-0.4, -0.2) is 19.5 Å². The van der Waals surface area contributed by atoms with E-state index in [9.17, 15) is 22.0 Å². The summed E-state index contributed by atoms with van der Waals surface area (Å²) in [4.78, 5) is 10.4. The second kappa shape index (κ2) is 6.74. The molecule has 2 rings (SSSR count). The molecule has 0 aliphatic rings. The first-order valence-electron chi connectivity index (χ1n) is 6.56. The summed E-state index contributed by atoms with van der Waals surface area (Å²) in [6.07, 6.45) is 0.209. The second-order valence-electron chi connectivity index (χ2n) is 4.77. The van der Waals surface area contributed by atoms with E-state index in [4.69, 9.17) is 5.11 Å². The number of carbonyl (C=O) groups is 1. The van der Waals surface area contributed by atoms with Gasteiger partial charge in [0.15, 0.2) is 0 Å². The van der Waals surface area contributed by atoms with Gasteiger partial charge in [0.2, 0.25) is 0 Å². The first-order valence-corrected chi connectivity index (χ1v) is 8.05. The highest BCUT2D eigenvalue weighted by atomic mass is 32.2. The maximum atomic E-state index is 13.5. The lowest BCUT2D eigenvalue weighted by Gasteiger charge is -2.09. The van der Waals surface area contributed by atoms with Crippen molar-refractivity contribution < 1.29 is 27.1 Å². The molecule has 0 saturated heterocycles. The van der Waals surface area contributed by atoms with Crippen LogP contribution in [0.15, 0.2) is 47.4 Å². The third-order valence-electron chi connectivity index (χ3n) is 3.04. The predicted molar refractivity (Wildman–Crippen MR) is 79.6 cm³/mol. The molecule has 0 unspecified atom stereocenters. The first kappa shape index (κ1) is 16.9. The Kier molecular flexibility index (Phi) is 4.95. The fourth-order valence-corrected chi connectivity index (χ4v) is 2.93. The number of hydrogen-bond acceptors (Lipinski definition) is 3. The fourth-order valence-electron chi connectivity index (χ4n) is 1.86. The highest BCUT2D eigenvalue weighted by molar-refractivity contribution is 7.92. The van der Waals surface area contributed by atoms with Crippen molar-refractivity contribution in [2.24, 2.45) is 0 Å². The van der Waals surface area contributed by atoms with Crippen LogP contribution in [0, 0.1) is 11.6 Å². The SMILES string of the molecule is O=C(O)CCc1ccc(S(=O)(=O)Nc2ccc(F)cc2F)cc1. The Morgan fingerprint density at radius 2 is 1.74 bits per heavy atom. The van der Waals surface area contributed by atoms with Crippen molar-refractivity contribution in [3.8, 4) is 0 Å². The van der Waals surface area contributed by atoms with Crippen LogP contribution in [-0.2, 0) is 21.2 Å². The van der Waals surface area contributed by atoms with Crippen LogP contribution in [0.25, 0.3) is 0 Å². The number of nitrogens with one attached hydrogen (secondary N) is 1. The van der Waals surface area contributed by atoms with Gasteiger partial charge in [-0.15, -0.1) is 0 Å². The van der Waals surface area contributed by atoms with Crippen LogP contribution < -0.4 is 4.72 Å². The van der Waals surface area contributed by atoms with Gasteiger partial charge in [-0.05, 0) is 36.2 Å². The lowest BCUT2D eigenvalue weighted by molar-refractivity contribution is -0.136. The van der Waals surface area contributed by atoms with Gasteiger partial charge in [0, 0.05) is 12.5 Å². The summed E-state index contributed by atoms with van der Waals surface area (Å²) in [5.74, 6) is -2.78. The minimum atomic E-state index is -4.03. The van der Waals surface area contributed by atoms with Crippen LogP contribution in [0.4, 0.5) is 14.5 Å². The average Bonchev–Trinajstić information content (AvgIpc) is 2.48. The van der Waals surface area contributed by atoms with E-state index in [1.807, 2.05) is 4.72 Å². The van der Waals surface area contributed by atoms with E-state index in [1.54, 1.807) is 0 Å². The summed E-state index contributed by atoms with van der Waals surface area (Å²) in [7, 11) is -4.03. The number of halogens is 2. The average molecular weight is 341 g/mol. The molecular formula is C15H13F2NO4S. The van der Waals surface area contributed by atoms with Gasteiger partial charge in [0.25, 0.3) is 10.0 Å². The minimum Gasteiger partial charge on any atom is -0.481 e. The van der Waals surface area contributed by atoms with Crippen molar-refractivity contribution in [1.29, 1.82) is 0 Å². The summed E-state index contributed by atoms with van der Waals surface area (Å²) < 4.78 is 52.7. The lowest BCUT2D eigenvalue weighted by atomic mass is 10.1. The second-order valence-corrected chi connectivity index (χ2v) is 6.45. The van der Waals surface area contributed by atoms with Crippen molar-refractivity contribution >= 4 is 21.7 Å². The van der Waals surface area contributed by atoms with Crippen LogP contribution in [0.5, 0.6) is 0 Å². The summed E-state index contributed by atoms with van der Waals surface area (Å²) in [5, 5.41) is 8.60. The molecule has 0 spiro atoms. The number of anilines is 1. The van der Waals surface area contributed by atoms with Crippen molar-refractivity contribution in [2.45, 2.75) is 17.7 Å². The molecule has 8 heteroatoms. The Labute approximate surface area is 131 Å². The molecule has 5 nitrogen and oxygen atoms in total. The van der Waals surface area contributed by atoms with Crippen molar-refractivity contribution in [3.63, 3.8) is 0 Å². The number of carboxylic acid groups (broad SMARTS) is 1. The van der Waals surface area contributed by atoms with Gasteiger partial charge in [-0.1, -0.05) is 12.1 Å². The lowest BCUT2D eigenvalue weighted by Crippen LogP contribution is -2.14. The summed E-state index contributed by atoms with van der Waals surface area (Å²) in [6.45, 7) is 0. The maximum absolute atomic E-state index is 13.5. The highest BCUT2D eigenvalue weighted by Gasteiger charge is 2.16. The van der Waals surface area contributed by atoms with Crippen LogP contribution in [0.1, 0.15) is 12.0 Å². The Hall–Kier alpha value is -2.48. The number of benzene rings is 2. The third-order valence-corrected chi connectivity index (χ3v) is 4.42. The third kappa shape index (κ3) is 4.49. The molecule has 122 valence electrons. The Balaban J connectivity index is 2.17. The molecule has 2 aromatic rings. The van der Waals surface area contributed by atoms with Crippen LogP contribution in [0.3, 0.4) is 0 Å².